The fourth-order valence-corrected chi connectivity index (χ4v) is 3.46. The molecule has 0 bridgehead atoms. The van der Waals surface area contributed by atoms with Crippen LogP contribution in [0.2, 0.25) is 5.02 Å². The minimum absolute atomic E-state index is 0.384. The average Bonchev–Trinajstić information content (AvgIpc) is 2.62. The van der Waals surface area contributed by atoms with Gasteiger partial charge in [0, 0.05) is 42.9 Å². The molecule has 2 aromatic rings. The molecule has 3 nitrogen and oxygen atoms in total. The fourth-order valence-electron chi connectivity index (χ4n) is 3.33. The Bertz CT molecular complexity index is 592. The molecule has 1 aliphatic heterocycles. The molecule has 0 aliphatic carbocycles. The van der Waals surface area contributed by atoms with Crippen LogP contribution in [-0.4, -0.2) is 37.6 Å². The average molecular weight is 330 g/mol. The molecular formula is C19H24ClN3. The maximum Gasteiger partial charge on any atom is 0.0406 e. The Hall–Kier alpha value is -1.55. The monoisotopic (exact) mass is 329 g/mol. The summed E-state index contributed by atoms with van der Waals surface area (Å²) in [7, 11) is 0. The van der Waals surface area contributed by atoms with Crippen LogP contribution in [0.4, 0.5) is 5.69 Å². The van der Waals surface area contributed by atoms with Gasteiger partial charge in [-0.1, -0.05) is 41.9 Å². The Morgan fingerprint density at radius 2 is 1.57 bits per heavy atom. The van der Waals surface area contributed by atoms with Crippen LogP contribution in [0.15, 0.2) is 54.6 Å². The van der Waals surface area contributed by atoms with Crippen LogP contribution in [-0.2, 0) is 0 Å². The SMILES string of the molecule is NCCC(c1ccc(Cl)cc1)N1CCN(c2ccccc2)CC1. The second-order valence-corrected chi connectivity index (χ2v) is 6.44. The molecule has 1 saturated heterocycles. The van der Waals surface area contributed by atoms with Crippen molar-refractivity contribution >= 4 is 17.3 Å². The summed E-state index contributed by atoms with van der Waals surface area (Å²) < 4.78 is 0. The van der Waals surface area contributed by atoms with Gasteiger partial charge in [0.1, 0.15) is 0 Å². The summed E-state index contributed by atoms with van der Waals surface area (Å²) in [4.78, 5) is 5.01. The maximum absolute atomic E-state index is 6.02. The molecular weight excluding hydrogens is 306 g/mol. The Morgan fingerprint density at radius 1 is 0.913 bits per heavy atom. The summed E-state index contributed by atoms with van der Waals surface area (Å²) in [6.07, 6.45) is 0.979. The lowest BCUT2D eigenvalue weighted by Crippen LogP contribution is -2.48. The summed E-state index contributed by atoms with van der Waals surface area (Å²) in [6, 6.07) is 19.2. The number of hydrogen-bond acceptors (Lipinski definition) is 3. The third kappa shape index (κ3) is 4.05. The first-order valence-electron chi connectivity index (χ1n) is 8.27. The topological polar surface area (TPSA) is 32.5 Å². The van der Waals surface area contributed by atoms with Gasteiger partial charge in [-0.2, -0.15) is 0 Å². The predicted octanol–water partition coefficient (Wildman–Crippen LogP) is 3.55. The molecule has 0 aromatic heterocycles. The van der Waals surface area contributed by atoms with Crippen LogP contribution in [0, 0.1) is 0 Å². The van der Waals surface area contributed by atoms with Crippen molar-refractivity contribution in [2.75, 3.05) is 37.6 Å². The lowest BCUT2D eigenvalue weighted by molar-refractivity contribution is 0.179. The number of nitrogens with zero attached hydrogens (tertiary/aromatic N) is 2. The third-order valence-corrected chi connectivity index (χ3v) is 4.82. The molecule has 1 atom stereocenters. The Balaban J connectivity index is 1.67. The molecule has 2 N–H and O–H groups in total. The summed E-state index contributed by atoms with van der Waals surface area (Å²) in [5.41, 5.74) is 8.49. The zero-order valence-corrected chi connectivity index (χ0v) is 14.1. The van der Waals surface area contributed by atoms with Crippen LogP contribution in [0.1, 0.15) is 18.0 Å². The number of rotatable bonds is 5. The van der Waals surface area contributed by atoms with E-state index in [0.29, 0.717) is 12.6 Å². The molecule has 0 spiro atoms. The van der Waals surface area contributed by atoms with Crippen LogP contribution in [0.5, 0.6) is 0 Å². The molecule has 0 saturated carbocycles. The zero-order chi connectivity index (χ0) is 16.1. The standard InChI is InChI=1S/C19H24ClN3/c20-17-8-6-16(7-9-17)19(10-11-21)23-14-12-22(13-15-23)18-4-2-1-3-5-18/h1-9,19H,10-15,21H2. The molecule has 1 unspecified atom stereocenters. The van der Waals surface area contributed by atoms with E-state index < -0.39 is 0 Å². The van der Waals surface area contributed by atoms with Crippen molar-refractivity contribution in [3.05, 3.63) is 65.2 Å². The summed E-state index contributed by atoms with van der Waals surface area (Å²) >= 11 is 6.02. The van der Waals surface area contributed by atoms with Gasteiger partial charge < -0.3 is 10.6 Å². The molecule has 122 valence electrons. The van der Waals surface area contributed by atoms with Gasteiger partial charge in [0.15, 0.2) is 0 Å². The summed E-state index contributed by atoms with van der Waals surface area (Å²) in [5, 5.41) is 0.786. The van der Waals surface area contributed by atoms with Crippen LogP contribution < -0.4 is 10.6 Å². The number of piperazine rings is 1. The van der Waals surface area contributed by atoms with E-state index >= 15 is 0 Å². The van der Waals surface area contributed by atoms with Crippen molar-refractivity contribution in [3.63, 3.8) is 0 Å². The van der Waals surface area contributed by atoms with Gasteiger partial charge in [-0.3, -0.25) is 4.90 Å². The number of halogens is 1. The van der Waals surface area contributed by atoms with E-state index in [2.05, 4.69) is 52.3 Å². The van der Waals surface area contributed by atoms with Crippen molar-refractivity contribution in [1.29, 1.82) is 0 Å². The molecule has 0 radical (unpaired) electrons. The maximum atomic E-state index is 6.02. The second kappa shape index (κ2) is 7.82. The molecule has 1 aliphatic rings. The van der Waals surface area contributed by atoms with E-state index in [1.165, 1.54) is 11.3 Å². The van der Waals surface area contributed by atoms with Gasteiger partial charge in [-0.15, -0.1) is 0 Å². The smallest absolute Gasteiger partial charge is 0.0406 e. The number of hydrogen-bond donors (Lipinski definition) is 1. The highest BCUT2D eigenvalue weighted by Gasteiger charge is 2.24. The highest BCUT2D eigenvalue weighted by molar-refractivity contribution is 6.30. The lowest BCUT2D eigenvalue weighted by atomic mass is 10.0. The van der Waals surface area contributed by atoms with Gasteiger partial charge in [0.2, 0.25) is 0 Å². The third-order valence-electron chi connectivity index (χ3n) is 4.57. The van der Waals surface area contributed by atoms with Crippen LogP contribution in [0.3, 0.4) is 0 Å². The number of para-hydroxylation sites is 1. The summed E-state index contributed by atoms with van der Waals surface area (Å²) in [6.45, 7) is 4.92. The molecule has 2 aromatic carbocycles. The molecule has 3 rings (SSSR count). The van der Waals surface area contributed by atoms with Crippen molar-refractivity contribution in [3.8, 4) is 0 Å². The number of anilines is 1. The first-order valence-corrected chi connectivity index (χ1v) is 8.65. The van der Waals surface area contributed by atoms with Crippen molar-refractivity contribution in [1.82, 2.24) is 4.90 Å². The normalized spacial score (nSPS) is 17.2. The van der Waals surface area contributed by atoms with E-state index in [-0.39, 0.29) is 0 Å². The first-order chi connectivity index (χ1) is 11.3. The fraction of sp³-hybridized carbons (Fsp3) is 0.368. The van der Waals surface area contributed by atoms with E-state index in [1.807, 2.05) is 12.1 Å². The quantitative estimate of drug-likeness (QED) is 0.910. The van der Waals surface area contributed by atoms with Crippen molar-refractivity contribution in [2.45, 2.75) is 12.5 Å². The molecule has 1 heterocycles. The highest BCUT2D eigenvalue weighted by Crippen LogP contribution is 2.27. The highest BCUT2D eigenvalue weighted by atomic mass is 35.5. The van der Waals surface area contributed by atoms with Gasteiger partial charge >= 0.3 is 0 Å². The van der Waals surface area contributed by atoms with Gasteiger partial charge in [-0.05, 0) is 42.8 Å². The molecule has 23 heavy (non-hydrogen) atoms. The van der Waals surface area contributed by atoms with Crippen molar-refractivity contribution < 1.29 is 0 Å². The Kier molecular flexibility index (Phi) is 5.55. The van der Waals surface area contributed by atoms with Crippen molar-refractivity contribution in [2.24, 2.45) is 5.73 Å². The van der Waals surface area contributed by atoms with Gasteiger partial charge in [0.05, 0.1) is 0 Å². The molecule has 4 heteroatoms. The summed E-state index contributed by atoms with van der Waals surface area (Å²) in [5.74, 6) is 0. The molecule has 1 fully saturated rings. The molecule has 0 amide bonds. The minimum Gasteiger partial charge on any atom is -0.369 e. The van der Waals surface area contributed by atoms with E-state index in [9.17, 15) is 0 Å². The van der Waals surface area contributed by atoms with Gasteiger partial charge in [0.25, 0.3) is 0 Å². The van der Waals surface area contributed by atoms with E-state index in [4.69, 9.17) is 17.3 Å². The van der Waals surface area contributed by atoms with Gasteiger partial charge in [-0.25, -0.2) is 0 Å². The zero-order valence-electron chi connectivity index (χ0n) is 13.4. The largest absolute Gasteiger partial charge is 0.369 e. The predicted molar refractivity (Wildman–Crippen MR) is 98.1 cm³/mol. The Labute approximate surface area is 143 Å². The second-order valence-electron chi connectivity index (χ2n) is 6.00. The first kappa shape index (κ1) is 16.3. The lowest BCUT2D eigenvalue weighted by Gasteiger charge is -2.40. The minimum atomic E-state index is 0.384. The number of nitrogens with two attached hydrogens (primary N) is 1. The van der Waals surface area contributed by atoms with Crippen LogP contribution >= 0.6 is 11.6 Å². The van der Waals surface area contributed by atoms with E-state index in [1.54, 1.807) is 0 Å². The number of benzene rings is 2. The van der Waals surface area contributed by atoms with Crippen LogP contribution in [0.25, 0.3) is 0 Å². The van der Waals surface area contributed by atoms with E-state index in [0.717, 1.165) is 37.6 Å². The Morgan fingerprint density at radius 3 is 2.17 bits per heavy atom.